The Labute approximate surface area is 105 Å². The van der Waals surface area contributed by atoms with Gasteiger partial charge in [-0.1, -0.05) is 6.92 Å². The van der Waals surface area contributed by atoms with E-state index in [1.165, 1.54) is 9.75 Å². The average molecular weight is 248 g/mol. The largest absolute Gasteiger partial charge is 0.480 e. The summed E-state index contributed by atoms with van der Waals surface area (Å²) in [6.45, 7) is 2.99. The fourth-order valence-corrected chi connectivity index (χ4v) is 2.48. The molecule has 3 nitrogen and oxygen atoms in total. The second-order valence-electron chi connectivity index (χ2n) is 3.64. The van der Waals surface area contributed by atoms with Crippen LogP contribution in [0.3, 0.4) is 0 Å². The van der Waals surface area contributed by atoms with Gasteiger partial charge in [-0.25, -0.2) is 4.98 Å². The number of thiophene rings is 1. The van der Waals surface area contributed by atoms with Gasteiger partial charge in [0.15, 0.2) is 0 Å². The molecule has 0 bridgehead atoms. The maximum Gasteiger partial charge on any atom is 0.237 e. The van der Waals surface area contributed by atoms with Crippen LogP contribution in [0.25, 0.3) is 0 Å². The Bertz CT molecular complexity index is 482. The summed E-state index contributed by atoms with van der Waals surface area (Å²) < 4.78 is 5.19. The maximum absolute atomic E-state index is 5.19. The third-order valence-corrected chi connectivity index (χ3v) is 3.71. The van der Waals surface area contributed by atoms with Crippen LogP contribution in [0.2, 0.25) is 0 Å². The molecule has 4 heteroatoms. The molecule has 2 heterocycles. The van der Waals surface area contributed by atoms with Crippen molar-refractivity contribution in [1.82, 2.24) is 4.98 Å². The molecule has 0 unspecified atom stereocenters. The van der Waals surface area contributed by atoms with E-state index >= 15 is 0 Å². The van der Waals surface area contributed by atoms with Gasteiger partial charge in [0.05, 0.1) is 12.8 Å². The number of hydrogen-bond donors (Lipinski definition) is 1. The van der Waals surface area contributed by atoms with E-state index in [4.69, 9.17) is 4.74 Å². The molecule has 0 radical (unpaired) electrons. The van der Waals surface area contributed by atoms with Gasteiger partial charge < -0.3 is 10.1 Å². The number of hydrogen-bond acceptors (Lipinski definition) is 4. The first-order chi connectivity index (χ1) is 8.33. The SMILES string of the molecule is CCc1ccc(CNc2cccnc2OC)s1. The molecular weight excluding hydrogens is 232 g/mol. The highest BCUT2D eigenvalue weighted by Gasteiger charge is 2.03. The predicted octanol–water partition coefficient (Wildman–Crippen LogP) is 3.33. The zero-order valence-corrected chi connectivity index (χ0v) is 10.9. The Morgan fingerprint density at radius 1 is 1.29 bits per heavy atom. The van der Waals surface area contributed by atoms with E-state index in [0.717, 1.165) is 18.7 Å². The lowest BCUT2D eigenvalue weighted by molar-refractivity contribution is 0.399. The highest BCUT2D eigenvalue weighted by molar-refractivity contribution is 7.12. The van der Waals surface area contributed by atoms with Gasteiger partial charge in [0, 0.05) is 22.5 Å². The predicted molar refractivity (Wildman–Crippen MR) is 71.8 cm³/mol. The van der Waals surface area contributed by atoms with Crippen LogP contribution in [0, 0.1) is 0 Å². The van der Waals surface area contributed by atoms with E-state index in [1.807, 2.05) is 23.5 Å². The zero-order chi connectivity index (χ0) is 12.1. The topological polar surface area (TPSA) is 34.2 Å². The smallest absolute Gasteiger partial charge is 0.237 e. The molecule has 0 aliphatic heterocycles. The fraction of sp³-hybridized carbons (Fsp3) is 0.308. The molecule has 0 amide bonds. The summed E-state index contributed by atoms with van der Waals surface area (Å²) in [5, 5.41) is 3.34. The summed E-state index contributed by atoms with van der Waals surface area (Å²) in [4.78, 5) is 6.89. The molecule has 17 heavy (non-hydrogen) atoms. The maximum atomic E-state index is 5.19. The lowest BCUT2D eigenvalue weighted by Crippen LogP contribution is -2.00. The molecule has 2 aromatic heterocycles. The first-order valence-electron chi connectivity index (χ1n) is 5.64. The quantitative estimate of drug-likeness (QED) is 0.881. The molecule has 0 atom stereocenters. The number of ether oxygens (including phenoxy) is 1. The van der Waals surface area contributed by atoms with Crippen LogP contribution < -0.4 is 10.1 Å². The molecule has 0 spiro atoms. The monoisotopic (exact) mass is 248 g/mol. The van der Waals surface area contributed by atoms with E-state index in [0.29, 0.717) is 5.88 Å². The van der Waals surface area contributed by atoms with E-state index in [1.54, 1.807) is 13.3 Å². The van der Waals surface area contributed by atoms with Gasteiger partial charge in [-0.3, -0.25) is 0 Å². The van der Waals surface area contributed by atoms with Crippen molar-refractivity contribution in [2.45, 2.75) is 19.9 Å². The minimum atomic E-state index is 0.639. The van der Waals surface area contributed by atoms with Crippen molar-refractivity contribution in [3.63, 3.8) is 0 Å². The second-order valence-corrected chi connectivity index (χ2v) is 4.89. The number of anilines is 1. The van der Waals surface area contributed by atoms with Gasteiger partial charge in [-0.2, -0.15) is 0 Å². The number of aromatic nitrogens is 1. The van der Waals surface area contributed by atoms with Gasteiger partial charge >= 0.3 is 0 Å². The lowest BCUT2D eigenvalue weighted by atomic mass is 10.3. The van der Waals surface area contributed by atoms with Gasteiger partial charge in [-0.15, -0.1) is 11.3 Å². The van der Waals surface area contributed by atoms with Crippen LogP contribution in [-0.2, 0) is 13.0 Å². The first-order valence-corrected chi connectivity index (χ1v) is 6.45. The molecule has 0 aliphatic carbocycles. The molecule has 0 saturated heterocycles. The van der Waals surface area contributed by atoms with Crippen molar-refractivity contribution in [3.8, 4) is 5.88 Å². The van der Waals surface area contributed by atoms with E-state index in [2.05, 4.69) is 29.4 Å². The van der Waals surface area contributed by atoms with Crippen molar-refractivity contribution >= 4 is 17.0 Å². The minimum absolute atomic E-state index is 0.639. The van der Waals surface area contributed by atoms with Gasteiger partial charge in [0.2, 0.25) is 5.88 Å². The highest BCUT2D eigenvalue weighted by atomic mass is 32.1. The second kappa shape index (κ2) is 5.68. The van der Waals surface area contributed by atoms with Crippen LogP contribution in [-0.4, -0.2) is 12.1 Å². The van der Waals surface area contributed by atoms with Crippen LogP contribution >= 0.6 is 11.3 Å². The van der Waals surface area contributed by atoms with Crippen LogP contribution in [0.5, 0.6) is 5.88 Å². The number of pyridine rings is 1. The molecular formula is C13H16N2OS. The number of nitrogens with one attached hydrogen (secondary N) is 1. The van der Waals surface area contributed by atoms with Crippen LogP contribution in [0.4, 0.5) is 5.69 Å². The Hall–Kier alpha value is -1.55. The third-order valence-electron chi connectivity index (χ3n) is 2.48. The summed E-state index contributed by atoms with van der Waals surface area (Å²) in [7, 11) is 1.63. The summed E-state index contributed by atoms with van der Waals surface area (Å²) in [6, 6.07) is 8.22. The average Bonchev–Trinajstić information content (AvgIpc) is 2.84. The molecule has 0 aliphatic rings. The molecule has 0 fully saturated rings. The van der Waals surface area contributed by atoms with Gasteiger partial charge in [-0.05, 0) is 30.7 Å². The van der Waals surface area contributed by atoms with Crippen molar-refractivity contribution in [2.75, 3.05) is 12.4 Å². The van der Waals surface area contributed by atoms with Gasteiger partial charge in [0.1, 0.15) is 0 Å². The molecule has 0 saturated carbocycles. The highest BCUT2D eigenvalue weighted by Crippen LogP contribution is 2.22. The molecule has 2 aromatic rings. The number of nitrogens with zero attached hydrogens (tertiary/aromatic N) is 1. The van der Waals surface area contributed by atoms with Crippen molar-refractivity contribution < 1.29 is 4.74 Å². The summed E-state index contributed by atoms with van der Waals surface area (Å²) in [5.74, 6) is 0.639. The van der Waals surface area contributed by atoms with Gasteiger partial charge in [0.25, 0.3) is 0 Å². The van der Waals surface area contributed by atoms with E-state index < -0.39 is 0 Å². The zero-order valence-electron chi connectivity index (χ0n) is 10.1. The van der Waals surface area contributed by atoms with Crippen LogP contribution in [0.1, 0.15) is 16.7 Å². The number of aryl methyl sites for hydroxylation is 1. The molecule has 0 aromatic carbocycles. The van der Waals surface area contributed by atoms with E-state index in [9.17, 15) is 0 Å². The molecule has 1 N–H and O–H groups in total. The third kappa shape index (κ3) is 2.97. The van der Waals surface area contributed by atoms with Crippen LogP contribution in [0.15, 0.2) is 30.5 Å². The Morgan fingerprint density at radius 2 is 2.12 bits per heavy atom. The van der Waals surface area contributed by atoms with E-state index in [-0.39, 0.29) is 0 Å². The van der Waals surface area contributed by atoms with Crippen molar-refractivity contribution in [2.24, 2.45) is 0 Å². The Morgan fingerprint density at radius 3 is 2.82 bits per heavy atom. The number of rotatable bonds is 5. The molecule has 90 valence electrons. The van der Waals surface area contributed by atoms with Crippen molar-refractivity contribution in [3.05, 3.63) is 40.2 Å². The summed E-state index contributed by atoms with van der Waals surface area (Å²) >= 11 is 1.84. The Kier molecular flexibility index (Phi) is 3.98. The fourth-order valence-electron chi connectivity index (χ4n) is 1.58. The normalized spacial score (nSPS) is 10.2. The molecule has 2 rings (SSSR count). The Balaban J connectivity index is 2.01. The minimum Gasteiger partial charge on any atom is -0.480 e. The summed E-state index contributed by atoms with van der Waals surface area (Å²) in [6.07, 6.45) is 2.82. The number of methoxy groups -OCH3 is 1. The van der Waals surface area contributed by atoms with Crippen molar-refractivity contribution in [1.29, 1.82) is 0 Å². The summed E-state index contributed by atoms with van der Waals surface area (Å²) in [5.41, 5.74) is 0.932. The lowest BCUT2D eigenvalue weighted by Gasteiger charge is -2.08. The standard InChI is InChI=1S/C13H16N2OS/c1-3-10-6-7-11(17-10)9-15-12-5-4-8-14-13(12)16-2/h4-8,15H,3,9H2,1-2H3. The first kappa shape index (κ1) is 11.9.